The number of hydrogen-bond donors (Lipinski definition) is 2. The second-order valence-electron chi connectivity index (χ2n) is 5.39. The molecule has 1 atom stereocenters. The molecule has 0 radical (unpaired) electrons. The molecule has 1 aromatic heterocycles. The van der Waals surface area contributed by atoms with Gasteiger partial charge in [-0.15, -0.1) is 0 Å². The zero-order chi connectivity index (χ0) is 14.5. The van der Waals surface area contributed by atoms with E-state index in [0.29, 0.717) is 6.42 Å². The molecule has 0 fully saturated rings. The van der Waals surface area contributed by atoms with Gasteiger partial charge >= 0.3 is 0 Å². The Kier molecular flexibility index (Phi) is 4.77. The lowest BCUT2D eigenvalue weighted by Gasteiger charge is -2.11. The summed E-state index contributed by atoms with van der Waals surface area (Å²) in [5, 5.41) is 3.00. The molecule has 1 heterocycles. The summed E-state index contributed by atoms with van der Waals surface area (Å²) in [5.74, 6) is 0.914. The number of aromatic amines is 1. The third-order valence-corrected chi connectivity index (χ3v) is 3.45. The number of nitrogens with zero attached hydrogens (tertiary/aromatic N) is 1. The standard InChI is InChI=1S/C16H23N3O/c1-4-5-6-7-15(20)17-12(3)16-18-13-9-8-11(2)10-14(13)19-16/h8-10,12H,4-7H2,1-3H3,(H,17,20)(H,18,19). The lowest BCUT2D eigenvalue weighted by molar-refractivity contribution is -0.121. The summed E-state index contributed by atoms with van der Waals surface area (Å²) in [6.45, 7) is 6.15. The van der Waals surface area contributed by atoms with Crippen molar-refractivity contribution in [2.45, 2.75) is 52.5 Å². The fraction of sp³-hybridized carbons (Fsp3) is 0.500. The highest BCUT2D eigenvalue weighted by atomic mass is 16.1. The number of carbonyl (C=O) groups excluding carboxylic acids is 1. The van der Waals surface area contributed by atoms with Crippen molar-refractivity contribution in [1.82, 2.24) is 15.3 Å². The van der Waals surface area contributed by atoms with Crippen molar-refractivity contribution < 1.29 is 4.79 Å². The van der Waals surface area contributed by atoms with Gasteiger partial charge in [-0.1, -0.05) is 25.8 Å². The minimum Gasteiger partial charge on any atom is -0.346 e. The number of nitrogens with one attached hydrogen (secondary N) is 2. The summed E-state index contributed by atoms with van der Waals surface area (Å²) in [7, 11) is 0. The Morgan fingerprint density at radius 2 is 2.20 bits per heavy atom. The lowest BCUT2D eigenvalue weighted by atomic mass is 10.2. The monoisotopic (exact) mass is 273 g/mol. The summed E-state index contributed by atoms with van der Waals surface area (Å²) in [4.78, 5) is 19.6. The highest BCUT2D eigenvalue weighted by Gasteiger charge is 2.13. The molecule has 0 aliphatic heterocycles. The maximum atomic E-state index is 11.8. The molecule has 4 heteroatoms. The van der Waals surface area contributed by atoms with Crippen LogP contribution < -0.4 is 5.32 Å². The van der Waals surface area contributed by atoms with E-state index in [1.807, 2.05) is 19.1 Å². The van der Waals surface area contributed by atoms with Crippen LogP contribution in [0.4, 0.5) is 0 Å². The number of H-pyrrole nitrogens is 1. The van der Waals surface area contributed by atoms with Crippen molar-refractivity contribution in [2.75, 3.05) is 0 Å². The Hall–Kier alpha value is -1.84. The molecule has 0 aliphatic carbocycles. The van der Waals surface area contributed by atoms with Gasteiger partial charge in [0, 0.05) is 6.42 Å². The molecule has 0 saturated heterocycles. The average Bonchev–Trinajstić information content (AvgIpc) is 2.82. The van der Waals surface area contributed by atoms with Crippen molar-refractivity contribution in [2.24, 2.45) is 0 Å². The van der Waals surface area contributed by atoms with E-state index in [4.69, 9.17) is 0 Å². The van der Waals surface area contributed by atoms with Crippen molar-refractivity contribution in [3.8, 4) is 0 Å². The van der Waals surface area contributed by atoms with Gasteiger partial charge in [0.1, 0.15) is 5.82 Å². The van der Waals surface area contributed by atoms with E-state index in [1.165, 1.54) is 5.56 Å². The van der Waals surface area contributed by atoms with Crippen molar-refractivity contribution >= 4 is 16.9 Å². The highest BCUT2D eigenvalue weighted by Crippen LogP contribution is 2.17. The Bertz CT molecular complexity index is 588. The van der Waals surface area contributed by atoms with Gasteiger partial charge in [0.25, 0.3) is 0 Å². The maximum absolute atomic E-state index is 11.8. The lowest BCUT2D eigenvalue weighted by Crippen LogP contribution is -2.27. The van der Waals surface area contributed by atoms with Gasteiger partial charge in [-0.3, -0.25) is 4.79 Å². The molecule has 1 unspecified atom stereocenters. The predicted octanol–water partition coefficient (Wildman–Crippen LogP) is 3.63. The average molecular weight is 273 g/mol. The number of fused-ring (bicyclic) bond motifs is 1. The van der Waals surface area contributed by atoms with Crippen LogP contribution in [0, 0.1) is 6.92 Å². The second-order valence-corrected chi connectivity index (χ2v) is 5.39. The zero-order valence-electron chi connectivity index (χ0n) is 12.5. The van der Waals surface area contributed by atoms with Gasteiger partial charge in [-0.2, -0.15) is 0 Å². The molecule has 0 aliphatic rings. The number of unbranched alkanes of at least 4 members (excludes halogenated alkanes) is 2. The van der Waals surface area contributed by atoms with Gasteiger partial charge in [0.2, 0.25) is 5.91 Å². The number of imidazole rings is 1. The molecule has 2 rings (SSSR count). The molecular formula is C16H23N3O. The predicted molar refractivity (Wildman–Crippen MR) is 81.5 cm³/mol. The van der Waals surface area contributed by atoms with Crippen LogP contribution in [0.3, 0.4) is 0 Å². The maximum Gasteiger partial charge on any atom is 0.220 e. The van der Waals surface area contributed by atoms with Crippen LogP contribution in [0.2, 0.25) is 0 Å². The number of hydrogen-bond acceptors (Lipinski definition) is 2. The topological polar surface area (TPSA) is 57.8 Å². The second kappa shape index (κ2) is 6.55. The number of rotatable bonds is 6. The fourth-order valence-corrected chi connectivity index (χ4v) is 2.27. The number of amides is 1. The zero-order valence-corrected chi connectivity index (χ0v) is 12.5. The number of aryl methyl sites for hydroxylation is 1. The highest BCUT2D eigenvalue weighted by molar-refractivity contribution is 5.77. The van der Waals surface area contributed by atoms with E-state index < -0.39 is 0 Å². The molecule has 2 aromatic rings. The van der Waals surface area contributed by atoms with Crippen molar-refractivity contribution in [3.63, 3.8) is 0 Å². The normalized spacial score (nSPS) is 12.6. The number of carbonyl (C=O) groups is 1. The molecule has 2 N–H and O–H groups in total. The van der Waals surface area contributed by atoms with E-state index in [9.17, 15) is 4.79 Å². The summed E-state index contributed by atoms with van der Waals surface area (Å²) in [5.41, 5.74) is 3.16. The first-order valence-electron chi connectivity index (χ1n) is 7.35. The van der Waals surface area contributed by atoms with Crippen LogP contribution in [0.25, 0.3) is 11.0 Å². The van der Waals surface area contributed by atoms with Gasteiger partial charge < -0.3 is 10.3 Å². The van der Waals surface area contributed by atoms with Crippen LogP contribution in [0.15, 0.2) is 18.2 Å². The molecule has 4 nitrogen and oxygen atoms in total. The van der Waals surface area contributed by atoms with Crippen LogP contribution in [0.5, 0.6) is 0 Å². The Morgan fingerprint density at radius 3 is 2.95 bits per heavy atom. The SMILES string of the molecule is CCCCCC(=O)NC(C)c1nc2ccc(C)cc2[nH]1. The van der Waals surface area contributed by atoms with E-state index in [-0.39, 0.29) is 11.9 Å². The van der Waals surface area contributed by atoms with Crippen LogP contribution in [-0.4, -0.2) is 15.9 Å². The quantitative estimate of drug-likeness (QED) is 0.790. The minimum absolute atomic E-state index is 0.0863. The number of benzene rings is 1. The van der Waals surface area contributed by atoms with Crippen molar-refractivity contribution in [1.29, 1.82) is 0 Å². The molecule has 1 aromatic carbocycles. The summed E-state index contributed by atoms with van der Waals surface area (Å²) < 4.78 is 0. The third kappa shape index (κ3) is 3.59. The van der Waals surface area contributed by atoms with Gasteiger partial charge in [0.15, 0.2) is 0 Å². The molecule has 0 saturated carbocycles. The van der Waals surface area contributed by atoms with Crippen LogP contribution in [0.1, 0.15) is 57.0 Å². The fourth-order valence-electron chi connectivity index (χ4n) is 2.27. The summed E-state index contributed by atoms with van der Waals surface area (Å²) >= 11 is 0. The minimum atomic E-state index is -0.0863. The molecule has 0 bridgehead atoms. The first-order valence-corrected chi connectivity index (χ1v) is 7.35. The smallest absolute Gasteiger partial charge is 0.220 e. The van der Waals surface area contributed by atoms with Gasteiger partial charge in [-0.05, 0) is 38.0 Å². The molecule has 108 valence electrons. The molecule has 20 heavy (non-hydrogen) atoms. The summed E-state index contributed by atoms with van der Waals surface area (Å²) in [6, 6.07) is 6.03. The van der Waals surface area contributed by atoms with E-state index in [0.717, 1.165) is 36.1 Å². The third-order valence-electron chi connectivity index (χ3n) is 3.45. The van der Waals surface area contributed by atoms with E-state index >= 15 is 0 Å². The van der Waals surface area contributed by atoms with E-state index in [2.05, 4.69) is 35.2 Å². The van der Waals surface area contributed by atoms with Gasteiger partial charge in [0.05, 0.1) is 17.1 Å². The van der Waals surface area contributed by atoms with Gasteiger partial charge in [-0.25, -0.2) is 4.98 Å². The molecule has 1 amide bonds. The Balaban J connectivity index is 2.00. The largest absolute Gasteiger partial charge is 0.346 e. The Labute approximate surface area is 120 Å². The molecular weight excluding hydrogens is 250 g/mol. The summed E-state index contributed by atoms with van der Waals surface area (Å²) in [6.07, 6.45) is 3.78. The van der Waals surface area contributed by atoms with Crippen molar-refractivity contribution in [3.05, 3.63) is 29.6 Å². The first-order chi connectivity index (χ1) is 9.60. The molecule has 0 spiro atoms. The Morgan fingerprint density at radius 1 is 1.40 bits per heavy atom. The van der Waals surface area contributed by atoms with Crippen LogP contribution in [-0.2, 0) is 4.79 Å². The van der Waals surface area contributed by atoms with Crippen LogP contribution >= 0.6 is 0 Å². The number of aromatic nitrogens is 2. The van der Waals surface area contributed by atoms with E-state index in [1.54, 1.807) is 0 Å². The first kappa shape index (κ1) is 14.6.